The highest BCUT2D eigenvalue weighted by Crippen LogP contribution is 2.03. The fourth-order valence-corrected chi connectivity index (χ4v) is 1.82. The predicted molar refractivity (Wildman–Crippen MR) is 62.9 cm³/mol. The highest BCUT2D eigenvalue weighted by molar-refractivity contribution is 5.73. The van der Waals surface area contributed by atoms with Gasteiger partial charge in [0.15, 0.2) is 5.82 Å². The van der Waals surface area contributed by atoms with Crippen molar-refractivity contribution in [3.8, 4) is 0 Å². The molecule has 0 unspecified atom stereocenters. The topological polar surface area (TPSA) is 105 Å². The Morgan fingerprint density at radius 3 is 3.17 bits per heavy atom. The molecule has 18 heavy (non-hydrogen) atoms. The minimum atomic E-state index is -0.0573. The van der Waals surface area contributed by atoms with Crippen LogP contribution in [-0.4, -0.2) is 35.2 Å². The number of hydrogen-bond acceptors (Lipinski definition) is 5. The molecule has 0 saturated heterocycles. The number of rotatable bonds is 4. The first-order valence-corrected chi connectivity index (χ1v) is 5.59. The van der Waals surface area contributed by atoms with E-state index in [9.17, 15) is 4.79 Å². The second kappa shape index (κ2) is 4.40. The summed E-state index contributed by atoms with van der Waals surface area (Å²) in [7, 11) is 0. The van der Waals surface area contributed by atoms with E-state index in [0.29, 0.717) is 29.8 Å². The van der Waals surface area contributed by atoms with Gasteiger partial charge in [0, 0.05) is 19.2 Å². The smallest absolute Gasteiger partial charge is 0.277 e. The standard InChI is InChI=1S/C10H11N7O/c18-10-9-7(3-4-11-9)12-6-17(10)5-1-2-8-13-15-16-14-8/h3-4,6,11H,1-2,5H2,(H,13,14,15,16). The van der Waals surface area contributed by atoms with Gasteiger partial charge in [0.1, 0.15) is 5.52 Å². The zero-order chi connectivity index (χ0) is 12.4. The number of H-pyrrole nitrogens is 2. The lowest BCUT2D eigenvalue weighted by molar-refractivity contribution is 0.606. The van der Waals surface area contributed by atoms with Crippen molar-refractivity contribution in [2.24, 2.45) is 0 Å². The number of nitrogens with one attached hydrogen (secondary N) is 2. The van der Waals surface area contributed by atoms with Gasteiger partial charge in [-0.3, -0.25) is 9.36 Å². The first kappa shape index (κ1) is 10.6. The van der Waals surface area contributed by atoms with Crippen LogP contribution in [0.15, 0.2) is 23.4 Å². The van der Waals surface area contributed by atoms with Gasteiger partial charge in [0.25, 0.3) is 5.56 Å². The van der Waals surface area contributed by atoms with Crippen LogP contribution in [0.3, 0.4) is 0 Å². The molecule has 0 bridgehead atoms. The molecular formula is C10H11N7O. The van der Waals surface area contributed by atoms with E-state index in [2.05, 4.69) is 30.6 Å². The Morgan fingerprint density at radius 2 is 2.33 bits per heavy atom. The molecule has 0 amide bonds. The number of fused-ring (bicyclic) bond motifs is 1. The highest BCUT2D eigenvalue weighted by atomic mass is 16.1. The van der Waals surface area contributed by atoms with Crippen LogP contribution in [0, 0.1) is 0 Å². The summed E-state index contributed by atoms with van der Waals surface area (Å²) in [6, 6.07) is 1.78. The van der Waals surface area contributed by atoms with Crippen LogP contribution in [0.2, 0.25) is 0 Å². The van der Waals surface area contributed by atoms with Crippen molar-refractivity contribution in [1.82, 2.24) is 35.2 Å². The SMILES string of the molecule is O=c1c2[nH]ccc2ncn1CCCc1nn[nH]n1. The van der Waals surface area contributed by atoms with E-state index in [4.69, 9.17) is 0 Å². The molecule has 3 rings (SSSR count). The first-order valence-electron chi connectivity index (χ1n) is 5.59. The van der Waals surface area contributed by atoms with E-state index in [1.807, 2.05) is 0 Å². The Bertz CT molecular complexity index is 696. The molecule has 0 aliphatic heterocycles. The van der Waals surface area contributed by atoms with Gasteiger partial charge in [0.05, 0.1) is 11.8 Å². The monoisotopic (exact) mass is 245 g/mol. The van der Waals surface area contributed by atoms with Gasteiger partial charge in [0.2, 0.25) is 0 Å². The number of aryl methyl sites for hydroxylation is 2. The Morgan fingerprint density at radius 1 is 1.39 bits per heavy atom. The molecule has 3 aromatic heterocycles. The van der Waals surface area contributed by atoms with Gasteiger partial charge >= 0.3 is 0 Å². The molecule has 0 aliphatic carbocycles. The average Bonchev–Trinajstić information content (AvgIpc) is 3.02. The molecule has 0 spiro atoms. The van der Waals surface area contributed by atoms with Crippen molar-refractivity contribution < 1.29 is 0 Å². The lowest BCUT2D eigenvalue weighted by Crippen LogP contribution is -2.21. The molecule has 3 aromatic rings. The van der Waals surface area contributed by atoms with E-state index in [1.165, 1.54) is 0 Å². The van der Waals surface area contributed by atoms with Crippen molar-refractivity contribution in [2.45, 2.75) is 19.4 Å². The maximum Gasteiger partial charge on any atom is 0.277 e. The zero-order valence-electron chi connectivity index (χ0n) is 9.50. The summed E-state index contributed by atoms with van der Waals surface area (Å²) in [5.74, 6) is 0.650. The van der Waals surface area contributed by atoms with Gasteiger partial charge in [-0.15, -0.1) is 10.2 Å². The summed E-state index contributed by atoms with van der Waals surface area (Å²) in [5.41, 5.74) is 1.17. The summed E-state index contributed by atoms with van der Waals surface area (Å²) >= 11 is 0. The van der Waals surface area contributed by atoms with Crippen LogP contribution in [0.1, 0.15) is 12.2 Å². The largest absolute Gasteiger partial charge is 0.355 e. The number of tetrazole rings is 1. The molecule has 0 aliphatic rings. The van der Waals surface area contributed by atoms with Crippen LogP contribution in [-0.2, 0) is 13.0 Å². The first-order chi connectivity index (χ1) is 8.84. The number of nitrogens with zero attached hydrogens (tertiary/aromatic N) is 5. The van der Waals surface area contributed by atoms with E-state index >= 15 is 0 Å². The molecule has 3 heterocycles. The summed E-state index contributed by atoms with van der Waals surface area (Å²) in [6.45, 7) is 0.579. The van der Waals surface area contributed by atoms with E-state index < -0.39 is 0 Å². The van der Waals surface area contributed by atoms with E-state index in [1.54, 1.807) is 23.2 Å². The van der Waals surface area contributed by atoms with Crippen LogP contribution >= 0.6 is 0 Å². The minimum absolute atomic E-state index is 0.0573. The maximum absolute atomic E-state index is 12.0. The summed E-state index contributed by atoms with van der Waals surface area (Å²) < 4.78 is 1.58. The molecule has 0 radical (unpaired) electrons. The lowest BCUT2D eigenvalue weighted by atomic mass is 10.3. The molecular weight excluding hydrogens is 234 g/mol. The lowest BCUT2D eigenvalue weighted by Gasteiger charge is -2.03. The molecule has 8 heteroatoms. The zero-order valence-corrected chi connectivity index (χ0v) is 9.50. The molecule has 2 N–H and O–H groups in total. The van der Waals surface area contributed by atoms with Crippen molar-refractivity contribution in [3.05, 3.63) is 34.8 Å². The summed E-state index contributed by atoms with van der Waals surface area (Å²) in [5, 5.41) is 13.6. The maximum atomic E-state index is 12.0. The molecule has 0 aromatic carbocycles. The van der Waals surface area contributed by atoms with Gasteiger partial charge in [-0.2, -0.15) is 5.21 Å². The van der Waals surface area contributed by atoms with Crippen LogP contribution < -0.4 is 5.56 Å². The third-order valence-corrected chi connectivity index (χ3v) is 2.72. The number of aromatic amines is 2. The molecule has 8 nitrogen and oxygen atoms in total. The van der Waals surface area contributed by atoms with Crippen molar-refractivity contribution in [2.75, 3.05) is 0 Å². The highest BCUT2D eigenvalue weighted by Gasteiger charge is 2.05. The molecule has 92 valence electrons. The fraction of sp³-hybridized carbons (Fsp3) is 0.300. The van der Waals surface area contributed by atoms with Gasteiger partial charge in [-0.1, -0.05) is 5.21 Å². The van der Waals surface area contributed by atoms with Crippen molar-refractivity contribution >= 4 is 11.0 Å². The Kier molecular flexibility index (Phi) is 2.60. The molecule has 0 atom stereocenters. The van der Waals surface area contributed by atoms with E-state index in [0.717, 1.165) is 6.42 Å². The second-order valence-corrected chi connectivity index (χ2v) is 3.91. The fourth-order valence-electron chi connectivity index (χ4n) is 1.82. The van der Waals surface area contributed by atoms with Crippen molar-refractivity contribution in [3.63, 3.8) is 0 Å². The average molecular weight is 245 g/mol. The van der Waals surface area contributed by atoms with Gasteiger partial charge < -0.3 is 4.98 Å². The molecule has 0 fully saturated rings. The van der Waals surface area contributed by atoms with E-state index in [-0.39, 0.29) is 5.56 Å². The Hall–Kier alpha value is -2.51. The Balaban J connectivity index is 1.74. The minimum Gasteiger partial charge on any atom is -0.355 e. The number of aromatic nitrogens is 7. The van der Waals surface area contributed by atoms with Gasteiger partial charge in [-0.25, -0.2) is 4.98 Å². The van der Waals surface area contributed by atoms with Crippen LogP contribution in [0.25, 0.3) is 11.0 Å². The Labute approximate surface area is 101 Å². The molecule has 0 saturated carbocycles. The van der Waals surface area contributed by atoms with Crippen molar-refractivity contribution in [1.29, 1.82) is 0 Å². The summed E-state index contributed by atoms with van der Waals surface area (Å²) in [6.07, 6.45) is 4.70. The third-order valence-electron chi connectivity index (χ3n) is 2.72. The second-order valence-electron chi connectivity index (χ2n) is 3.91. The quantitative estimate of drug-likeness (QED) is 0.666. The third kappa shape index (κ3) is 1.88. The van der Waals surface area contributed by atoms with Gasteiger partial charge in [-0.05, 0) is 12.5 Å². The number of hydrogen-bond donors (Lipinski definition) is 2. The van der Waals surface area contributed by atoms with Crippen LogP contribution in [0.4, 0.5) is 0 Å². The van der Waals surface area contributed by atoms with Crippen LogP contribution in [0.5, 0.6) is 0 Å². The summed E-state index contributed by atoms with van der Waals surface area (Å²) in [4.78, 5) is 19.1. The normalized spacial score (nSPS) is 11.1. The predicted octanol–water partition coefficient (Wildman–Crippen LogP) is -0.130.